The van der Waals surface area contributed by atoms with Crippen LogP contribution in [0.25, 0.3) is 22.2 Å². The molecule has 0 saturated heterocycles. The molecule has 4 aromatic rings. The quantitative estimate of drug-likeness (QED) is 0.570. The topological polar surface area (TPSA) is 83.8 Å². The normalized spacial score (nSPS) is 11.2. The number of rotatable bonds is 3. The molecule has 0 radical (unpaired) electrons. The van der Waals surface area contributed by atoms with E-state index in [1.54, 1.807) is 13.8 Å². The highest BCUT2D eigenvalue weighted by atomic mass is 32.1. The number of anilines is 1. The minimum absolute atomic E-state index is 0.257. The highest BCUT2D eigenvalue weighted by molar-refractivity contribution is 7.14. The first-order valence-corrected chi connectivity index (χ1v) is 8.70. The summed E-state index contributed by atoms with van der Waals surface area (Å²) in [4.78, 5) is 20.4. The summed E-state index contributed by atoms with van der Waals surface area (Å²) in [6.07, 6.45) is 0. The second-order valence-corrected chi connectivity index (χ2v) is 6.72. The third-order valence-electron chi connectivity index (χ3n) is 4.13. The van der Waals surface area contributed by atoms with E-state index >= 15 is 0 Å². The van der Waals surface area contributed by atoms with Crippen molar-refractivity contribution >= 4 is 33.3 Å². The molecule has 126 valence electrons. The van der Waals surface area contributed by atoms with E-state index in [0.717, 1.165) is 27.9 Å². The van der Waals surface area contributed by atoms with Crippen LogP contribution in [0.3, 0.4) is 0 Å². The van der Waals surface area contributed by atoms with Gasteiger partial charge >= 0.3 is 0 Å². The van der Waals surface area contributed by atoms with Gasteiger partial charge < -0.3 is 9.51 Å². The molecule has 7 heteroatoms. The van der Waals surface area contributed by atoms with Gasteiger partial charge in [0.2, 0.25) is 0 Å². The Balaban J connectivity index is 1.66. The van der Waals surface area contributed by atoms with Crippen molar-refractivity contribution in [1.29, 1.82) is 0 Å². The van der Waals surface area contributed by atoms with E-state index in [0.29, 0.717) is 22.1 Å². The summed E-state index contributed by atoms with van der Waals surface area (Å²) in [5.41, 5.74) is 5.05. The molecule has 0 saturated carbocycles. The van der Waals surface area contributed by atoms with Gasteiger partial charge in [0.05, 0.1) is 11.4 Å². The zero-order valence-corrected chi connectivity index (χ0v) is 14.8. The van der Waals surface area contributed by atoms with Crippen LogP contribution < -0.4 is 5.32 Å². The van der Waals surface area contributed by atoms with Gasteiger partial charge in [0, 0.05) is 27.5 Å². The smallest absolute Gasteiger partial charge is 0.262 e. The third kappa shape index (κ3) is 2.62. The Labute approximate surface area is 147 Å². The van der Waals surface area contributed by atoms with Gasteiger partial charge in [0.15, 0.2) is 5.13 Å². The molecular weight excluding hydrogens is 336 g/mol. The molecule has 0 aliphatic rings. The van der Waals surface area contributed by atoms with Crippen LogP contribution in [0.2, 0.25) is 0 Å². The maximum atomic E-state index is 12.4. The van der Waals surface area contributed by atoms with Crippen LogP contribution in [0.15, 0.2) is 34.2 Å². The number of aromatic nitrogens is 3. The Hall–Kier alpha value is -2.93. The van der Waals surface area contributed by atoms with Crippen LogP contribution in [0.1, 0.15) is 27.5 Å². The van der Waals surface area contributed by atoms with Crippen molar-refractivity contribution < 1.29 is 9.32 Å². The summed E-state index contributed by atoms with van der Waals surface area (Å²) in [6.45, 7) is 5.49. The molecule has 3 heterocycles. The van der Waals surface area contributed by atoms with E-state index in [2.05, 4.69) is 26.5 Å². The van der Waals surface area contributed by atoms with Gasteiger partial charge in [0.1, 0.15) is 11.3 Å². The van der Waals surface area contributed by atoms with Gasteiger partial charge in [-0.2, -0.15) is 0 Å². The number of aryl methyl sites for hydroxylation is 3. The first kappa shape index (κ1) is 15.6. The average Bonchev–Trinajstić information content (AvgIpc) is 3.24. The number of H-pyrrole nitrogens is 1. The Morgan fingerprint density at radius 1 is 1.24 bits per heavy atom. The number of thiazole rings is 1. The Morgan fingerprint density at radius 3 is 2.80 bits per heavy atom. The van der Waals surface area contributed by atoms with Gasteiger partial charge in [-0.15, -0.1) is 11.3 Å². The van der Waals surface area contributed by atoms with Crippen LogP contribution in [0.5, 0.6) is 0 Å². The van der Waals surface area contributed by atoms with Crippen LogP contribution in [-0.4, -0.2) is 21.0 Å². The Morgan fingerprint density at radius 2 is 2.04 bits per heavy atom. The van der Waals surface area contributed by atoms with E-state index in [4.69, 9.17) is 4.52 Å². The van der Waals surface area contributed by atoms with E-state index in [1.165, 1.54) is 11.3 Å². The molecule has 25 heavy (non-hydrogen) atoms. The molecule has 1 aromatic carbocycles. The molecular formula is C18H16N4O2S. The molecule has 0 spiro atoms. The molecule has 0 aliphatic heterocycles. The van der Waals surface area contributed by atoms with Crippen molar-refractivity contribution in [3.05, 3.63) is 52.4 Å². The van der Waals surface area contributed by atoms with Gasteiger partial charge in [0.25, 0.3) is 5.91 Å². The summed E-state index contributed by atoms with van der Waals surface area (Å²) < 4.78 is 5.05. The van der Waals surface area contributed by atoms with E-state index in [-0.39, 0.29) is 5.91 Å². The van der Waals surface area contributed by atoms with Crippen LogP contribution in [-0.2, 0) is 0 Å². The number of fused-ring (bicyclic) bond motifs is 1. The molecule has 1 amide bonds. The highest BCUT2D eigenvalue weighted by Crippen LogP contribution is 2.34. The van der Waals surface area contributed by atoms with Gasteiger partial charge in [-0.1, -0.05) is 23.4 Å². The lowest BCUT2D eigenvalue weighted by Gasteiger charge is -2.00. The average molecular weight is 352 g/mol. The zero-order valence-electron chi connectivity index (χ0n) is 14.0. The molecule has 0 unspecified atom stereocenters. The number of para-hydroxylation sites is 1. The number of hydrogen-bond donors (Lipinski definition) is 2. The first-order valence-electron chi connectivity index (χ1n) is 7.82. The fourth-order valence-electron chi connectivity index (χ4n) is 3.02. The summed E-state index contributed by atoms with van der Waals surface area (Å²) in [5, 5.41) is 10.3. The molecule has 3 aromatic heterocycles. The Bertz CT molecular complexity index is 1070. The summed E-state index contributed by atoms with van der Waals surface area (Å²) in [7, 11) is 0. The number of carbonyl (C=O) groups is 1. The third-order valence-corrected chi connectivity index (χ3v) is 4.89. The van der Waals surface area contributed by atoms with Crippen molar-refractivity contribution in [2.75, 3.05) is 5.32 Å². The van der Waals surface area contributed by atoms with E-state index in [9.17, 15) is 4.79 Å². The number of benzene rings is 1. The van der Waals surface area contributed by atoms with E-state index in [1.807, 2.05) is 30.5 Å². The number of hydrogen-bond acceptors (Lipinski definition) is 5. The highest BCUT2D eigenvalue weighted by Gasteiger charge is 2.19. The zero-order chi connectivity index (χ0) is 17.6. The molecule has 4 rings (SSSR count). The lowest BCUT2D eigenvalue weighted by atomic mass is 10.1. The number of amides is 1. The molecule has 6 nitrogen and oxygen atoms in total. The van der Waals surface area contributed by atoms with Crippen LogP contribution in [0, 0.1) is 20.8 Å². The first-order chi connectivity index (χ1) is 12.0. The van der Waals surface area contributed by atoms with Crippen LogP contribution in [0.4, 0.5) is 5.13 Å². The second kappa shape index (κ2) is 5.86. The van der Waals surface area contributed by atoms with Crippen LogP contribution >= 0.6 is 11.3 Å². The number of nitrogens with one attached hydrogen (secondary N) is 2. The van der Waals surface area contributed by atoms with Gasteiger partial charge in [-0.05, 0) is 26.8 Å². The standard InChI is InChI=1S/C18H16N4O2S/c1-9-16(12-6-4-5-7-13(12)19-9)14-8-25-18(20-14)21-17(23)15-10(2)22-24-11(15)3/h4-8,19H,1-3H3,(H,20,21,23). The predicted octanol–water partition coefficient (Wildman–Crippen LogP) is 4.46. The van der Waals surface area contributed by atoms with Gasteiger partial charge in [-0.3, -0.25) is 10.1 Å². The lowest BCUT2D eigenvalue weighted by Crippen LogP contribution is -2.13. The number of nitrogens with zero attached hydrogens (tertiary/aromatic N) is 2. The molecule has 2 N–H and O–H groups in total. The molecule has 0 bridgehead atoms. The minimum Gasteiger partial charge on any atom is -0.361 e. The predicted molar refractivity (Wildman–Crippen MR) is 98.1 cm³/mol. The van der Waals surface area contributed by atoms with Gasteiger partial charge in [-0.25, -0.2) is 4.98 Å². The monoisotopic (exact) mass is 352 g/mol. The second-order valence-electron chi connectivity index (χ2n) is 5.86. The molecule has 0 aliphatic carbocycles. The van der Waals surface area contributed by atoms with Crippen molar-refractivity contribution in [2.24, 2.45) is 0 Å². The maximum absolute atomic E-state index is 12.4. The largest absolute Gasteiger partial charge is 0.361 e. The minimum atomic E-state index is -0.257. The lowest BCUT2D eigenvalue weighted by molar-refractivity contribution is 0.102. The fraction of sp³-hybridized carbons (Fsp3) is 0.167. The summed E-state index contributed by atoms with van der Waals surface area (Å²) in [5.74, 6) is 0.243. The van der Waals surface area contributed by atoms with Crippen molar-refractivity contribution in [3.63, 3.8) is 0 Å². The van der Waals surface area contributed by atoms with Crippen molar-refractivity contribution in [2.45, 2.75) is 20.8 Å². The number of aromatic amines is 1. The Kier molecular flexibility index (Phi) is 3.65. The fourth-order valence-corrected chi connectivity index (χ4v) is 3.72. The van der Waals surface area contributed by atoms with Crippen molar-refractivity contribution in [1.82, 2.24) is 15.1 Å². The molecule has 0 fully saturated rings. The SMILES string of the molecule is Cc1noc(C)c1C(=O)Nc1nc(-c2c(C)[nH]c3ccccc23)cs1. The van der Waals surface area contributed by atoms with Crippen molar-refractivity contribution in [3.8, 4) is 11.3 Å². The molecule has 0 atom stereocenters. The maximum Gasteiger partial charge on any atom is 0.262 e. The number of carbonyl (C=O) groups excluding carboxylic acids is 1. The van der Waals surface area contributed by atoms with E-state index < -0.39 is 0 Å². The summed E-state index contributed by atoms with van der Waals surface area (Å²) in [6, 6.07) is 8.11. The summed E-state index contributed by atoms with van der Waals surface area (Å²) >= 11 is 1.39.